The molecule has 1 atom stereocenters. The number of aromatic nitrogens is 2. The molecule has 7 nitrogen and oxygen atoms in total. The van der Waals surface area contributed by atoms with Crippen molar-refractivity contribution in [1.29, 1.82) is 0 Å². The van der Waals surface area contributed by atoms with E-state index in [1.807, 2.05) is 6.92 Å². The molecule has 1 aliphatic carbocycles. The maximum Gasteiger partial charge on any atom is 0.354 e. The smallest absolute Gasteiger partial charge is 0.354 e. The van der Waals surface area contributed by atoms with Crippen molar-refractivity contribution >= 4 is 38.9 Å². The van der Waals surface area contributed by atoms with Crippen LogP contribution in [0.25, 0.3) is 5.69 Å². The van der Waals surface area contributed by atoms with Gasteiger partial charge in [0.2, 0.25) is 0 Å². The molecule has 3 aliphatic rings. The first kappa shape index (κ1) is 22.3. The van der Waals surface area contributed by atoms with Gasteiger partial charge in [0, 0.05) is 11.4 Å². The molecular weight excluding hydrogens is 454 g/mol. The molecule has 0 bridgehead atoms. The maximum atomic E-state index is 13.0. The number of fused-ring (bicyclic) bond motifs is 3. The van der Waals surface area contributed by atoms with Crippen molar-refractivity contribution in [3.05, 3.63) is 50.9 Å². The van der Waals surface area contributed by atoms with Crippen LogP contribution in [0.1, 0.15) is 48.9 Å². The van der Waals surface area contributed by atoms with E-state index in [1.54, 1.807) is 23.9 Å². The van der Waals surface area contributed by atoms with E-state index in [0.717, 1.165) is 32.5 Å². The molecule has 0 aromatic heterocycles. The first-order valence-corrected chi connectivity index (χ1v) is 13.4. The van der Waals surface area contributed by atoms with E-state index in [0.29, 0.717) is 24.4 Å². The van der Waals surface area contributed by atoms with Crippen molar-refractivity contribution in [2.45, 2.75) is 55.2 Å². The third-order valence-electron chi connectivity index (χ3n) is 5.10. The molecule has 0 amide bonds. The number of aryl methyl sites for hydroxylation is 1. The quantitative estimate of drug-likeness (QED) is 0.519. The van der Waals surface area contributed by atoms with Crippen LogP contribution in [0.3, 0.4) is 0 Å². The average molecular weight is 480 g/mol. The largest absolute Gasteiger partial charge is 0.388 e. The molecule has 1 aromatic rings. The van der Waals surface area contributed by atoms with Crippen molar-refractivity contribution < 1.29 is 13.5 Å². The second-order valence-electron chi connectivity index (χ2n) is 8.16. The van der Waals surface area contributed by atoms with E-state index in [4.69, 9.17) is 0 Å². The number of anilines is 1. The molecule has 1 aromatic carbocycles. The SMILES string of the molecule is Cc1ccc(S(=O)(=O)Nc2nc(=O)n3c4c(sc(SCC(C)C)c2-3)C(O)CCC4)cc1. The molecule has 1 unspecified atom stereocenters. The van der Waals surface area contributed by atoms with E-state index in [9.17, 15) is 18.3 Å². The zero-order valence-corrected chi connectivity index (χ0v) is 20.0. The summed E-state index contributed by atoms with van der Waals surface area (Å²) < 4.78 is 30.8. The molecule has 0 spiro atoms. The summed E-state index contributed by atoms with van der Waals surface area (Å²) in [7, 11) is -3.91. The monoisotopic (exact) mass is 479 g/mol. The molecule has 0 fully saturated rings. The molecule has 2 N–H and O–H groups in total. The zero-order valence-electron chi connectivity index (χ0n) is 17.6. The summed E-state index contributed by atoms with van der Waals surface area (Å²) in [5.74, 6) is 1.24. The predicted octanol–water partition coefficient (Wildman–Crippen LogP) is 3.96. The van der Waals surface area contributed by atoms with Gasteiger partial charge in [-0.2, -0.15) is 4.98 Å². The summed E-state index contributed by atoms with van der Waals surface area (Å²) in [6.45, 7) is 6.07. The van der Waals surface area contributed by atoms with Crippen LogP contribution in [0.2, 0.25) is 0 Å². The van der Waals surface area contributed by atoms with Gasteiger partial charge in [0.15, 0.2) is 5.82 Å². The van der Waals surface area contributed by atoms with E-state index < -0.39 is 21.8 Å². The number of aliphatic hydroxyl groups excluding tert-OH is 1. The Hall–Kier alpha value is -1.88. The molecule has 4 rings (SSSR count). The lowest BCUT2D eigenvalue weighted by Gasteiger charge is -2.25. The highest BCUT2D eigenvalue weighted by Gasteiger charge is 2.32. The lowest BCUT2D eigenvalue weighted by Crippen LogP contribution is -2.23. The van der Waals surface area contributed by atoms with Crippen molar-refractivity contribution in [2.24, 2.45) is 5.92 Å². The van der Waals surface area contributed by atoms with E-state index >= 15 is 0 Å². The van der Waals surface area contributed by atoms with Crippen molar-refractivity contribution in [3.63, 3.8) is 0 Å². The second-order valence-corrected chi connectivity index (χ2v) is 12.2. The van der Waals surface area contributed by atoms with Crippen LogP contribution in [-0.2, 0) is 16.4 Å². The Balaban J connectivity index is 1.85. The molecule has 0 saturated carbocycles. The van der Waals surface area contributed by atoms with Crippen molar-refractivity contribution in [2.75, 3.05) is 10.5 Å². The van der Waals surface area contributed by atoms with Crippen LogP contribution in [0.15, 0.2) is 38.2 Å². The number of hydrogen-bond acceptors (Lipinski definition) is 7. The standard InChI is InChI=1S/C21H25N3O4S3/c1-12(2)11-29-20-17-19(23-31(27,28)14-9-7-13(3)8-10-14)22-21(26)24(17)15-5-4-6-16(25)18(15)30-20/h7-10,12,16,25H,4-6,11H2,1-3H3,(H,22,23,26). The normalized spacial score (nSPS) is 16.6. The fraction of sp³-hybridized carbons (Fsp3) is 0.429. The molecule has 2 aliphatic heterocycles. The van der Waals surface area contributed by atoms with Gasteiger partial charge in [-0.3, -0.25) is 9.29 Å². The number of aliphatic hydroxyl groups is 1. The topological polar surface area (TPSA) is 101 Å². The Labute approximate surface area is 189 Å². The Bertz CT molecular complexity index is 1230. The summed E-state index contributed by atoms with van der Waals surface area (Å²) in [5, 5.41) is 10.5. The van der Waals surface area contributed by atoms with Gasteiger partial charge < -0.3 is 5.11 Å². The molecule has 166 valence electrons. The predicted molar refractivity (Wildman–Crippen MR) is 124 cm³/mol. The maximum absolute atomic E-state index is 13.0. The van der Waals surface area contributed by atoms with Crippen LogP contribution in [0, 0.1) is 12.8 Å². The van der Waals surface area contributed by atoms with Crippen molar-refractivity contribution in [3.8, 4) is 5.69 Å². The molecule has 2 heterocycles. The first-order chi connectivity index (χ1) is 14.7. The zero-order chi connectivity index (χ0) is 22.3. The number of sulfonamides is 1. The molecule has 10 heteroatoms. The van der Waals surface area contributed by atoms with Gasteiger partial charge in [0.25, 0.3) is 10.0 Å². The summed E-state index contributed by atoms with van der Waals surface area (Å²) >= 11 is 2.99. The average Bonchev–Trinajstić information content (AvgIpc) is 3.03. The highest BCUT2D eigenvalue weighted by Crippen LogP contribution is 2.44. The summed E-state index contributed by atoms with van der Waals surface area (Å²) in [6.07, 6.45) is 1.44. The van der Waals surface area contributed by atoms with Gasteiger partial charge in [0.1, 0.15) is 5.69 Å². The Kier molecular flexibility index (Phi) is 6.17. The van der Waals surface area contributed by atoms with Crippen LogP contribution in [0.4, 0.5) is 5.82 Å². The van der Waals surface area contributed by atoms with E-state index in [-0.39, 0.29) is 10.7 Å². The number of benzene rings is 1. The number of rotatable bonds is 6. The highest BCUT2D eigenvalue weighted by molar-refractivity contribution is 8.01. The minimum absolute atomic E-state index is 0.0379. The number of nitrogens with zero attached hydrogens (tertiary/aromatic N) is 2. The Morgan fingerprint density at radius 1 is 1.32 bits per heavy atom. The number of nitrogens with one attached hydrogen (secondary N) is 1. The van der Waals surface area contributed by atoms with Crippen LogP contribution in [0.5, 0.6) is 0 Å². The Morgan fingerprint density at radius 3 is 2.71 bits per heavy atom. The number of thioether (sulfide) groups is 1. The first-order valence-electron chi connectivity index (χ1n) is 10.2. The minimum atomic E-state index is -3.91. The summed E-state index contributed by atoms with van der Waals surface area (Å²) in [5.41, 5.74) is 1.63. The fourth-order valence-electron chi connectivity index (χ4n) is 3.56. The van der Waals surface area contributed by atoms with Crippen molar-refractivity contribution in [1.82, 2.24) is 9.55 Å². The van der Waals surface area contributed by atoms with Gasteiger partial charge in [-0.05, 0) is 44.2 Å². The lowest BCUT2D eigenvalue weighted by atomic mass is 10.00. The minimum Gasteiger partial charge on any atom is -0.388 e. The van der Waals surface area contributed by atoms with E-state index in [2.05, 4.69) is 23.6 Å². The van der Waals surface area contributed by atoms with Gasteiger partial charge in [-0.1, -0.05) is 31.5 Å². The lowest BCUT2D eigenvalue weighted by molar-refractivity contribution is 0.159. The molecule has 31 heavy (non-hydrogen) atoms. The van der Waals surface area contributed by atoms with Gasteiger partial charge in [-0.15, -0.1) is 23.1 Å². The molecule has 0 radical (unpaired) electrons. The third-order valence-corrected chi connectivity index (χ3v) is 9.45. The highest BCUT2D eigenvalue weighted by atomic mass is 32.2. The Morgan fingerprint density at radius 2 is 2.03 bits per heavy atom. The second kappa shape index (κ2) is 8.57. The van der Waals surface area contributed by atoms with Crippen LogP contribution >= 0.6 is 23.1 Å². The van der Waals surface area contributed by atoms with Crippen LogP contribution in [-0.4, -0.2) is 28.8 Å². The van der Waals surface area contributed by atoms with E-state index in [1.165, 1.54) is 28.0 Å². The van der Waals surface area contributed by atoms with Gasteiger partial charge in [0.05, 0.1) is 20.1 Å². The third kappa shape index (κ3) is 4.39. The fourth-order valence-corrected chi connectivity index (χ4v) is 7.14. The van der Waals surface area contributed by atoms with Gasteiger partial charge in [-0.25, -0.2) is 13.2 Å². The number of imidazole rings is 1. The molecule has 0 saturated heterocycles. The summed E-state index contributed by atoms with van der Waals surface area (Å²) in [6, 6.07) is 6.51. The summed E-state index contributed by atoms with van der Waals surface area (Å²) in [4.78, 5) is 17.8. The number of hydrogen-bond donors (Lipinski definition) is 2. The van der Waals surface area contributed by atoms with Gasteiger partial charge >= 0.3 is 5.69 Å². The van der Waals surface area contributed by atoms with Crippen LogP contribution < -0.4 is 10.4 Å². The molecular formula is C21H25N3O4S3.